The molecule has 7 amide bonds. The van der Waals surface area contributed by atoms with Gasteiger partial charge in [0.15, 0.2) is 0 Å². The summed E-state index contributed by atoms with van der Waals surface area (Å²) in [4.78, 5) is 113. The highest BCUT2D eigenvalue weighted by Gasteiger charge is 2.45. The van der Waals surface area contributed by atoms with Crippen LogP contribution in [-0.4, -0.2) is 131 Å². The van der Waals surface area contributed by atoms with Crippen LogP contribution in [0.4, 0.5) is 4.79 Å². The number of para-hydroxylation sites is 2. The summed E-state index contributed by atoms with van der Waals surface area (Å²) >= 11 is 0. The fourth-order valence-electron chi connectivity index (χ4n) is 10.7. The molecule has 3 saturated heterocycles. The number of ether oxygens (including phenoxy) is 2. The van der Waals surface area contributed by atoms with E-state index >= 15 is 28.8 Å². The van der Waals surface area contributed by atoms with Gasteiger partial charge in [0.25, 0.3) is 0 Å². The number of alkyl carbamates (subject to hydrolysis) is 1. The molecule has 9 rings (SSSR count). The van der Waals surface area contributed by atoms with Crippen molar-refractivity contribution in [2.75, 3.05) is 32.7 Å². The van der Waals surface area contributed by atoms with Gasteiger partial charge in [0, 0.05) is 68.3 Å². The summed E-state index contributed by atoms with van der Waals surface area (Å²) in [7, 11) is 0. The predicted molar refractivity (Wildman–Crippen MR) is 299 cm³/mol. The van der Waals surface area contributed by atoms with E-state index in [1.54, 1.807) is 55.0 Å². The average molecular weight is 1090 g/mol. The molecule has 3 aliphatic rings. The van der Waals surface area contributed by atoms with Crippen LogP contribution in [0, 0.1) is 5.92 Å². The van der Waals surface area contributed by atoms with Crippen molar-refractivity contribution in [2.45, 2.75) is 100 Å². The number of hydrogen-bond donors (Lipinski definition) is 9. The molecule has 0 spiro atoms. The second kappa shape index (κ2) is 27.3. The molecule has 0 radical (unpaired) electrons. The second-order valence-electron chi connectivity index (χ2n) is 20.6. The Morgan fingerprint density at radius 1 is 0.637 bits per heavy atom. The van der Waals surface area contributed by atoms with Gasteiger partial charge in [-0.3, -0.25) is 33.8 Å². The van der Waals surface area contributed by atoms with Crippen LogP contribution in [0.2, 0.25) is 0 Å². The summed E-state index contributed by atoms with van der Waals surface area (Å²) < 4.78 is 11.8. The molecule has 0 bridgehead atoms. The van der Waals surface area contributed by atoms with E-state index in [2.05, 4.69) is 47.2 Å². The van der Waals surface area contributed by atoms with Gasteiger partial charge in [-0.15, -0.1) is 0 Å². The first-order valence-electron chi connectivity index (χ1n) is 27.4. The van der Waals surface area contributed by atoms with Crippen molar-refractivity contribution in [1.82, 2.24) is 52.1 Å². The number of nitrogens with two attached hydrogens (primary N) is 1. The number of H-pyrrole nitrogens is 1. The molecule has 0 aliphatic carbocycles. The maximum Gasteiger partial charge on any atom is 0.407 e. The minimum Gasteiger partial charge on any atom is -0.457 e. The summed E-state index contributed by atoms with van der Waals surface area (Å²) in [5, 5.41) is 21.6. The molecule has 20 nitrogen and oxygen atoms in total. The maximum absolute atomic E-state index is 15.4. The van der Waals surface area contributed by atoms with E-state index in [4.69, 9.17) is 15.2 Å². The molecule has 3 aliphatic heterocycles. The summed E-state index contributed by atoms with van der Waals surface area (Å²) in [6.07, 6.45) is 4.84. The van der Waals surface area contributed by atoms with Gasteiger partial charge in [-0.2, -0.15) is 0 Å². The lowest BCUT2D eigenvalue weighted by Crippen LogP contribution is -2.62. The molecule has 5 heterocycles. The Labute approximate surface area is 464 Å². The normalized spacial score (nSPS) is 22.6. The number of fused-ring (bicyclic) bond motifs is 2. The first-order chi connectivity index (χ1) is 39.0. The van der Waals surface area contributed by atoms with E-state index in [1.165, 1.54) is 4.90 Å². The Bertz CT molecular complexity index is 3070. The largest absolute Gasteiger partial charge is 0.457 e. The molecule has 3 fully saturated rings. The third-order valence-electron chi connectivity index (χ3n) is 14.9. The van der Waals surface area contributed by atoms with Crippen molar-refractivity contribution >= 4 is 52.4 Å². The molecular formula is C60H69N11O9. The average Bonchev–Trinajstić information content (AvgIpc) is 4.24. The Kier molecular flexibility index (Phi) is 19.2. The molecule has 10 N–H and O–H groups in total. The highest BCUT2D eigenvalue weighted by Crippen LogP contribution is 2.26. The third-order valence-corrected chi connectivity index (χ3v) is 14.9. The first-order valence-corrected chi connectivity index (χ1v) is 27.4. The van der Waals surface area contributed by atoms with Crippen LogP contribution in [0.25, 0.3) is 10.9 Å². The topological polar surface area (TPSA) is 280 Å². The number of carbonyl (C=O) groups excluding carboxylic acids is 7. The van der Waals surface area contributed by atoms with E-state index in [0.29, 0.717) is 47.7 Å². The van der Waals surface area contributed by atoms with Crippen LogP contribution in [-0.2, 0) is 59.2 Å². The van der Waals surface area contributed by atoms with E-state index in [-0.39, 0.29) is 64.1 Å². The molecule has 80 heavy (non-hydrogen) atoms. The number of aromatic nitrogens is 2. The molecule has 4 aromatic carbocycles. The van der Waals surface area contributed by atoms with Crippen LogP contribution >= 0.6 is 0 Å². The van der Waals surface area contributed by atoms with Crippen LogP contribution < -0.4 is 47.7 Å². The number of carbonyl (C=O) groups is 7. The molecule has 6 aromatic rings. The fraction of sp³-hybridized carbons (Fsp3) is 0.367. The molecule has 7 atom stereocenters. The van der Waals surface area contributed by atoms with Gasteiger partial charge in [0.2, 0.25) is 35.4 Å². The number of rotatable bonds is 16. The van der Waals surface area contributed by atoms with Gasteiger partial charge in [0.1, 0.15) is 53.9 Å². The number of aromatic amines is 1. The fourth-order valence-corrected chi connectivity index (χ4v) is 10.7. The number of nitrogens with one attached hydrogen (secondary N) is 8. The molecule has 0 saturated carbocycles. The molecular weight excluding hydrogens is 1020 g/mol. The number of benzene rings is 4. The van der Waals surface area contributed by atoms with Gasteiger partial charge in [0.05, 0.1) is 6.54 Å². The number of aryl methyl sites for hydroxylation is 1. The van der Waals surface area contributed by atoms with Crippen molar-refractivity contribution in [3.8, 4) is 11.5 Å². The van der Waals surface area contributed by atoms with Crippen molar-refractivity contribution < 1.29 is 43.0 Å². The summed E-state index contributed by atoms with van der Waals surface area (Å²) in [6.45, 7) is 1.40. The highest BCUT2D eigenvalue weighted by atomic mass is 16.6. The zero-order chi connectivity index (χ0) is 55.8. The maximum atomic E-state index is 15.4. The van der Waals surface area contributed by atoms with Gasteiger partial charge in [-0.25, -0.2) is 4.79 Å². The zero-order valence-electron chi connectivity index (χ0n) is 44.4. The van der Waals surface area contributed by atoms with Crippen LogP contribution in [0.5, 0.6) is 11.5 Å². The smallest absolute Gasteiger partial charge is 0.407 e. The number of hydrogen-bond acceptors (Lipinski definition) is 12. The summed E-state index contributed by atoms with van der Waals surface area (Å²) in [5.41, 5.74) is 9.26. The van der Waals surface area contributed by atoms with Gasteiger partial charge >= 0.3 is 6.09 Å². The molecule has 20 heteroatoms. The van der Waals surface area contributed by atoms with Gasteiger partial charge in [-0.1, -0.05) is 84.9 Å². The Morgan fingerprint density at radius 3 is 1.98 bits per heavy atom. The lowest BCUT2D eigenvalue weighted by molar-refractivity contribution is -0.143. The lowest BCUT2D eigenvalue weighted by atomic mass is 9.90. The third kappa shape index (κ3) is 15.1. The van der Waals surface area contributed by atoms with E-state index < -0.39 is 83.9 Å². The van der Waals surface area contributed by atoms with Crippen LogP contribution in [0.15, 0.2) is 140 Å². The van der Waals surface area contributed by atoms with Crippen molar-refractivity contribution in [3.05, 3.63) is 162 Å². The van der Waals surface area contributed by atoms with E-state index in [9.17, 15) is 4.79 Å². The van der Waals surface area contributed by atoms with Gasteiger partial charge in [-0.05, 0) is 110 Å². The van der Waals surface area contributed by atoms with E-state index in [0.717, 1.165) is 29.3 Å². The second-order valence-corrected chi connectivity index (χ2v) is 20.6. The predicted octanol–water partition coefficient (Wildman–Crippen LogP) is 3.50. The van der Waals surface area contributed by atoms with Crippen molar-refractivity contribution in [1.29, 1.82) is 0 Å². The van der Waals surface area contributed by atoms with Crippen LogP contribution in [0.3, 0.4) is 0 Å². The van der Waals surface area contributed by atoms with Crippen molar-refractivity contribution in [2.24, 2.45) is 11.7 Å². The minimum absolute atomic E-state index is 0.00302. The number of piperidine rings is 1. The molecule has 0 unspecified atom stereocenters. The monoisotopic (exact) mass is 1090 g/mol. The van der Waals surface area contributed by atoms with Crippen molar-refractivity contribution in [3.63, 3.8) is 0 Å². The van der Waals surface area contributed by atoms with Crippen LogP contribution in [0.1, 0.15) is 54.4 Å². The Balaban J connectivity index is 1.11. The Morgan fingerprint density at radius 2 is 1.25 bits per heavy atom. The summed E-state index contributed by atoms with van der Waals surface area (Å²) in [5.74, 6) is -2.96. The van der Waals surface area contributed by atoms with Gasteiger partial charge < -0.3 is 62.3 Å². The minimum atomic E-state index is -1.36. The molecule has 418 valence electrons. The Hall–Kier alpha value is -8.62. The number of pyridine rings is 1. The summed E-state index contributed by atoms with van der Waals surface area (Å²) in [6, 6.07) is 28.9. The number of amides is 7. The first kappa shape index (κ1) is 56.1. The number of nitrogens with zero attached hydrogens (tertiary/aromatic N) is 2. The SMILES string of the molecule is NCCNC(=O)O[C@@H]1C[C@H]2C(=O)N[C@@H](CCc3ccccc3)C(=O)N[C@H](Cc3c[nH]c4ccccc34)C(=O)N[C@@H](CC3CCNCC3)C(=O)N[C@@H](Cc3ccc(Oc4ccccc4)cc3)C(=O)N[C@@H](Cc3cccnc3)C(=O)N2C1. The standard InChI is InChI=1S/C60H69N11O9/c61-25-29-64-60(78)80-45-34-53-58(76)66-48(22-19-38-10-3-1-4-11-38)54(72)69-51(33-42-36-65-47-16-8-7-15-46(42)47)57(75)68-50(31-40-23-27-62-28-24-40)55(73)67-49(30-39-17-20-44(21-18-39)79-43-13-5-2-6-14-43)56(74)70-52(59(77)71(53)37-45)32-41-12-9-26-63-35-41/h1-18,20-21,26,35-36,40,45,48-53,62,65H,19,22-25,27-34,37,61H2,(H,64,78)(H,66,76)(H,67,73)(H,68,75)(H,69,72)(H,70,74)/t45-,48+,49+,50+,51-,52+,53+/m1/s1. The zero-order valence-corrected chi connectivity index (χ0v) is 44.4. The molecule has 2 aromatic heterocycles. The quantitative estimate of drug-likeness (QED) is 0.0674. The lowest BCUT2D eigenvalue weighted by Gasteiger charge is -2.32. The van der Waals surface area contributed by atoms with E-state index in [1.807, 2.05) is 84.9 Å². The highest BCUT2D eigenvalue weighted by molar-refractivity contribution is 5.99.